The first-order valence-electron chi connectivity index (χ1n) is 2.06. The molecule has 3 N–H and O–H groups in total. The van der Waals surface area contributed by atoms with Gasteiger partial charge < -0.3 is 10.5 Å². The van der Waals surface area contributed by atoms with Crippen LogP contribution in [0.3, 0.4) is 0 Å². The number of rotatable bonds is 2. The van der Waals surface area contributed by atoms with E-state index in [2.05, 4.69) is 4.74 Å². The van der Waals surface area contributed by atoms with Gasteiger partial charge >= 0.3 is 0 Å². The summed E-state index contributed by atoms with van der Waals surface area (Å²) < 4.78 is 4.34. The Bertz CT molecular complexity index is 111. The number of methoxy groups -OCH3 is 1. The number of hydrogen-bond acceptors (Lipinski definition) is 3. The molecule has 0 heterocycles. The van der Waals surface area contributed by atoms with Crippen molar-refractivity contribution >= 4 is 11.8 Å². The van der Waals surface area contributed by atoms with Crippen molar-refractivity contribution in [3.05, 3.63) is 0 Å². The highest BCUT2D eigenvalue weighted by molar-refractivity contribution is 5.94. The predicted octanol–water partition coefficient (Wildman–Crippen LogP) is -0.515. The smallest absolute Gasteiger partial charge is 0.226 e. The molecule has 0 saturated carbocycles. The molecule has 0 bridgehead atoms. The maximum atomic E-state index is 9.97. The fourth-order valence-corrected chi connectivity index (χ4v) is 0.230. The lowest BCUT2D eigenvalue weighted by Crippen LogP contribution is -2.16. The Labute approximate surface area is 47.1 Å². The molecule has 0 atom stereocenters. The van der Waals surface area contributed by atoms with Crippen LogP contribution in [0.25, 0.3) is 0 Å². The zero-order valence-electron chi connectivity index (χ0n) is 4.60. The molecule has 0 aromatic heterocycles. The van der Waals surface area contributed by atoms with Crippen molar-refractivity contribution in [1.29, 1.82) is 5.41 Å². The van der Waals surface area contributed by atoms with E-state index in [-0.39, 0.29) is 12.3 Å². The lowest BCUT2D eigenvalue weighted by molar-refractivity contribution is -0.117. The first kappa shape index (κ1) is 6.94. The normalized spacial score (nSPS) is 8.12. The van der Waals surface area contributed by atoms with Gasteiger partial charge in [0.05, 0.1) is 7.11 Å². The average molecular weight is 116 g/mol. The predicted molar refractivity (Wildman–Crippen MR) is 28.5 cm³/mol. The number of nitrogens with two attached hydrogens (primary N) is 1. The molecule has 0 aromatic rings. The van der Waals surface area contributed by atoms with Gasteiger partial charge in [0.1, 0.15) is 6.42 Å². The average Bonchev–Trinajstić information content (AvgIpc) is 1.65. The van der Waals surface area contributed by atoms with E-state index in [9.17, 15) is 4.79 Å². The van der Waals surface area contributed by atoms with Crippen LogP contribution in [0, 0.1) is 5.41 Å². The van der Waals surface area contributed by atoms with E-state index >= 15 is 0 Å². The summed E-state index contributed by atoms with van der Waals surface area (Å²) in [6, 6.07) is 0. The molecule has 4 heteroatoms. The number of hydrogen-bond donors (Lipinski definition) is 2. The number of amides is 1. The second-order valence-corrected chi connectivity index (χ2v) is 1.27. The highest BCUT2D eigenvalue weighted by Crippen LogP contribution is 1.79. The first-order valence-corrected chi connectivity index (χ1v) is 2.06. The van der Waals surface area contributed by atoms with Crippen molar-refractivity contribution in [3.63, 3.8) is 0 Å². The Kier molecular flexibility index (Phi) is 2.61. The number of nitrogens with one attached hydrogen (secondary N) is 1. The fourth-order valence-electron chi connectivity index (χ4n) is 0.230. The third-order valence-electron chi connectivity index (χ3n) is 0.581. The van der Waals surface area contributed by atoms with Crippen molar-refractivity contribution in [2.24, 2.45) is 5.73 Å². The molecule has 0 aliphatic rings. The van der Waals surface area contributed by atoms with E-state index in [4.69, 9.17) is 11.1 Å². The van der Waals surface area contributed by atoms with Crippen molar-refractivity contribution in [1.82, 2.24) is 0 Å². The molecular weight excluding hydrogens is 108 g/mol. The zero-order chi connectivity index (χ0) is 6.57. The molecule has 1 amide bonds. The standard InChI is InChI=1S/C4H8N2O2/c1-8-4(6)2-3(5)7/h6H,2H2,1H3,(H2,5,7). The lowest BCUT2D eigenvalue weighted by Gasteiger charge is -1.95. The van der Waals surface area contributed by atoms with Gasteiger partial charge in [-0.25, -0.2) is 0 Å². The molecule has 0 aromatic carbocycles. The minimum Gasteiger partial charge on any atom is -0.484 e. The molecule has 0 spiro atoms. The molecule has 46 valence electrons. The Morgan fingerprint density at radius 2 is 2.38 bits per heavy atom. The highest BCUT2D eigenvalue weighted by atomic mass is 16.5. The van der Waals surface area contributed by atoms with Crippen molar-refractivity contribution < 1.29 is 9.53 Å². The van der Waals surface area contributed by atoms with Crippen LogP contribution in [0.15, 0.2) is 0 Å². The van der Waals surface area contributed by atoms with E-state index < -0.39 is 5.91 Å². The monoisotopic (exact) mass is 116 g/mol. The number of carbonyl (C=O) groups excluding carboxylic acids is 1. The minimum atomic E-state index is -0.545. The van der Waals surface area contributed by atoms with Gasteiger partial charge in [-0.05, 0) is 0 Å². The summed E-state index contributed by atoms with van der Waals surface area (Å²) in [7, 11) is 1.32. The van der Waals surface area contributed by atoms with Gasteiger partial charge in [0.25, 0.3) is 0 Å². The Morgan fingerprint density at radius 1 is 1.88 bits per heavy atom. The van der Waals surface area contributed by atoms with E-state index in [1.54, 1.807) is 0 Å². The van der Waals surface area contributed by atoms with E-state index in [1.807, 2.05) is 0 Å². The molecule has 4 nitrogen and oxygen atoms in total. The van der Waals surface area contributed by atoms with Crippen LogP contribution in [-0.2, 0) is 9.53 Å². The zero-order valence-corrected chi connectivity index (χ0v) is 4.60. The Balaban J connectivity index is 3.40. The maximum absolute atomic E-state index is 9.97. The van der Waals surface area contributed by atoms with Crippen LogP contribution < -0.4 is 5.73 Å². The van der Waals surface area contributed by atoms with Gasteiger partial charge in [-0.1, -0.05) is 0 Å². The van der Waals surface area contributed by atoms with Gasteiger partial charge in [-0.2, -0.15) is 0 Å². The van der Waals surface area contributed by atoms with Crippen molar-refractivity contribution in [2.75, 3.05) is 7.11 Å². The van der Waals surface area contributed by atoms with E-state index in [0.29, 0.717) is 0 Å². The van der Waals surface area contributed by atoms with Gasteiger partial charge in [0.2, 0.25) is 5.91 Å². The Morgan fingerprint density at radius 3 is 2.50 bits per heavy atom. The summed E-state index contributed by atoms with van der Waals surface area (Å²) in [6.45, 7) is 0. The summed E-state index contributed by atoms with van der Waals surface area (Å²) in [5, 5.41) is 6.74. The van der Waals surface area contributed by atoms with E-state index in [0.717, 1.165) is 0 Å². The van der Waals surface area contributed by atoms with Crippen molar-refractivity contribution in [2.45, 2.75) is 6.42 Å². The quantitative estimate of drug-likeness (QED) is 0.376. The van der Waals surface area contributed by atoms with Crippen LogP contribution >= 0.6 is 0 Å². The SMILES string of the molecule is COC(=N)CC(N)=O. The molecule has 0 radical (unpaired) electrons. The molecule has 0 rings (SSSR count). The molecule has 0 aliphatic carbocycles. The molecule has 0 saturated heterocycles. The van der Waals surface area contributed by atoms with Gasteiger partial charge in [-0.3, -0.25) is 10.2 Å². The topological polar surface area (TPSA) is 76.2 Å². The highest BCUT2D eigenvalue weighted by Gasteiger charge is 1.98. The number of ether oxygens (including phenoxy) is 1. The first-order chi connectivity index (χ1) is 3.66. The fraction of sp³-hybridized carbons (Fsp3) is 0.500. The number of carbonyl (C=O) groups is 1. The van der Waals surface area contributed by atoms with Gasteiger partial charge in [0, 0.05) is 0 Å². The van der Waals surface area contributed by atoms with Crippen molar-refractivity contribution in [3.8, 4) is 0 Å². The summed E-state index contributed by atoms with van der Waals surface area (Å²) in [6.07, 6.45) is -0.115. The van der Waals surface area contributed by atoms with Crippen LogP contribution in [-0.4, -0.2) is 18.9 Å². The molecule has 0 unspecified atom stereocenters. The van der Waals surface area contributed by atoms with Crippen LogP contribution in [0.4, 0.5) is 0 Å². The third-order valence-corrected chi connectivity index (χ3v) is 0.581. The Hall–Kier alpha value is -1.06. The largest absolute Gasteiger partial charge is 0.484 e. The summed E-state index contributed by atoms with van der Waals surface area (Å²) in [5.41, 5.74) is 4.71. The summed E-state index contributed by atoms with van der Waals surface area (Å²) in [5.74, 6) is -0.644. The van der Waals surface area contributed by atoms with Gasteiger partial charge in [0.15, 0.2) is 5.90 Å². The summed E-state index contributed by atoms with van der Waals surface area (Å²) in [4.78, 5) is 9.97. The van der Waals surface area contributed by atoms with Crippen LogP contribution in [0.5, 0.6) is 0 Å². The lowest BCUT2D eigenvalue weighted by atomic mass is 10.4. The number of primary amides is 1. The second kappa shape index (κ2) is 3.01. The molecule has 8 heavy (non-hydrogen) atoms. The summed E-state index contributed by atoms with van der Waals surface area (Å²) >= 11 is 0. The van der Waals surface area contributed by atoms with Crippen LogP contribution in [0.1, 0.15) is 6.42 Å². The van der Waals surface area contributed by atoms with E-state index in [1.165, 1.54) is 7.11 Å². The molecule has 0 fully saturated rings. The third kappa shape index (κ3) is 3.14. The maximum Gasteiger partial charge on any atom is 0.226 e. The minimum absolute atomic E-state index is 0.0995. The molecular formula is C4H8N2O2. The second-order valence-electron chi connectivity index (χ2n) is 1.27. The molecule has 0 aliphatic heterocycles. The van der Waals surface area contributed by atoms with Gasteiger partial charge in [-0.15, -0.1) is 0 Å². The van der Waals surface area contributed by atoms with Crippen LogP contribution in [0.2, 0.25) is 0 Å².